The van der Waals surface area contributed by atoms with Crippen molar-refractivity contribution in [3.63, 3.8) is 0 Å². The number of benzene rings is 1. The molecule has 21 heavy (non-hydrogen) atoms. The average molecular weight is 302 g/mol. The van der Waals surface area contributed by atoms with E-state index >= 15 is 0 Å². The SMILES string of the molecule is CC1NC(=O)C(C)N(c2cccc(OC(F)(F)F)c2)C1=O. The fourth-order valence-electron chi connectivity index (χ4n) is 2.09. The summed E-state index contributed by atoms with van der Waals surface area (Å²) in [5.74, 6) is -1.21. The van der Waals surface area contributed by atoms with E-state index in [0.29, 0.717) is 0 Å². The second kappa shape index (κ2) is 5.27. The summed E-state index contributed by atoms with van der Waals surface area (Å²) in [6, 6.07) is 3.43. The number of piperazine rings is 1. The number of ether oxygens (including phenoxy) is 1. The molecule has 1 saturated heterocycles. The summed E-state index contributed by atoms with van der Waals surface area (Å²) in [4.78, 5) is 25.0. The molecule has 114 valence electrons. The number of amides is 2. The van der Waals surface area contributed by atoms with Crippen molar-refractivity contribution in [1.82, 2.24) is 5.32 Å². The van der Waals surface area contributed by atoms with E-state index in [0.717, 1.165) is 17.0 Å². The molecule has 2 unspecified atom stereocenters. The third-order valence-electron chi connectivity index (χ3n) is 3.06. The lowest BCUT2D eigenvalue weighted by molar-refractivity contribution is -0.274. The first-order chi connectivity index (χ1) is 9.69. The van der Waals surface area contributed by atoms with Gasteiger partial charge in [-0.2, -0.15) is 0 Å². The summed E-state index contributed by atoms with van der Waals surface area (Å²) in [7, 11) is 0. The Morgan fingerprint density at radius 2 is 1.90 bits per heavy atom. The van der Waals surface area contributed by atoms with E-state index in [-0.39, 0.29) is 11.6 Å². The molecule has 1 fully saturated rings. The fourth-order valence-corrected chi connectivity index (χ4v) is 2.09. The largest absolute Gasteiger partial charge is 0.573 e. The first-order valence-electron chi connectivity index (χ1n) is 6.18. The Morgan fingerprint density at radius 1 is 1.24 bits per heavy atom. The van der Waals surface area contributed by atoms with Gasteiger partial charge in [0.25, 0.3) is 0 Å². The number of rotatable bonds is 2. The molecular formula is C13H13F3N2O3. The van der Waals surface area contributed by atoms with E-state index in [4.69, 9.17) is 0 Å². The molecule has 1 aromatic carbocycles. The maximum atomic E-state index is 12.2. The van der Waals surface area contributed by atoms with Crippen molar-refractivity contribution >= 4 is 17.5 Å². The molecule has 5 nitrogen and oxygen atoms in total. The van der Waals surface area contributed by atoms with E-state index in [2.05, 4.69) is 10.1 Å². The van der Waals surface area contributed by atoms with Gasteiger partial charge in [0.15, 0.2) is 0 Å². The minimum atomic E-state index is -4.82. The van der Waals surface area contributed by atoms with Gasteiger partial charge in [-0.3, -0.25) is 14.5 Å². The van der Waals surface area contributed by atoms with Gasteiger partial charge in [-0.15, -0.1) is 13.2 Å². The average Bonchev–Trinajstić information content (AvgIpc) is 2.35. The summed E-state index contributed by atoms with van der Waals surface area (Å²) in [5, 5.41) is 2.49. The molecule has 0 radical (unpaired) electrons. The van der Waals surface area contributed by atoms with Gasteiger partial charge in [0.05, 0.1) is 0 Å². The predicted octanol–water partition coefficient (Wildman–Crippen LogP) is 1.82. The third-order valence-corrected chi connectivity index (χ3v) is 3.06. The number of hydrogen-bond donors (Lipinski definition) is 1. The van der Waals surface area contributed by atoms with Crippen LogP contribution < -0.4 is 15.0 Å². The first kappa shape index (κ1) is 15.1. The smallest absolute Gasteiger partial charge is 0.406 e. The van der Waals surface area contributed by atoms with E-state index in [9.17, 15) is 22.8 Å². The maximum Gasteiger partial charge on any atom is 0.573 e. The van der Waals surface area contributed by atoms with Gasteiger partial charge in [0.2, 0.25) is 11.8 Å². The van der Waals surface area contributed by atoms with Crippen LogP contribution >= 0.6 is 0 Å². The molecule has 0 aliphatic carbocycles. The number of nitrogens with one attached hydrogen (secondary N) is 1. The van der Waals surface area contributed by atoms with E-state index in [1.54, 1.807) is 0 Å². The first-order valence-corrected chi connectivity index (χ1v) is 6.18. The number of nitrogens with zero attached hydrogens (tertiary/aromatic N) is 1. The zero-order chi connectivity index (χ0) is 15.8. The molecule has 8 heteroatoms. The highest BCUT2D eigenvalue weighted by Gasteiger charge is 2.37. The molecule has 2 amide bonds. The lowest BCUT2D eigenvalue weighted by Gasteiger charge is -2.36. The van der Waals surface area contributed by atoms with Crippen LogP contribution in [0.4, 0.5) is 18.9 Å². The van der Waals surface area contributed by atoms with Crippen LogP contribution in [-0.4, -0.2) is 30.3 Å². The zero-order valence-corrected chi connectivity index (χ0v) is 11.3. The quantitative estimate of drug-likeness (QED) is 0.906. The van der Waals surface area contributed by atoms with Crippen LogP contribution in [0.15, 0.2) is 24.3 Å². The third kappa shape index (κ3) is 3.26. The van der Waals surface area contributed by atoms with Crippen molar-refractivity contribution in [2.45, 2.75) is 32.3 Å². The molecule has 0 saturated carbocycles. The van der Waals surface area contributed by atoms with E-state index < -0.39 is 30.1 Å². The number of halogens is 3. The second-order valence-electron chi connectivity index (χ2n) is 4.66. The summed E-state index contributed by atoms with van der Waals surface area (Å²) in [5.41, 5.74) is 0.177. The topological polar surface area (TPSA) is 58.6 Å². The van der Waals surface area contributed by atoms with Crippen molar-refractivity contribution in [2.24, 2.45) is 0 Å². The highest BCUT2D eigenvalue weighted by molar-refractivity contribution is 6.08. The standard InChI is InChI=1S/C13H13F3N2O3/c1-7-12(20)18(8(2)11(19)17-7)9-4-3-5-10(6-9)21-13(14,15)16/h3-8H,1-2H3,(H,17,19). The van der Waals surface area contributed by atoms with E-state index in [1.807, 2.05) is 0 Å². The molecular weight excluding hydrogens is 289 g/mol. The maximum absolute atomic E-state index is 12.2. The molecule has 1 N–H and O–H groups in total. The van der Waals surface area contributed by atoms with Crippen LogP contribution in [-0.2, 0) is 9.59 Å². The number of hydrogen-bond acceptors (Lipinski definition) is 3. The second-order valence-corrected chi connectivity index (χ2v) is 4.66. The number of carbonyl (C=O) groups is 2. The molecule has 2 rings (SSSR count). The lowest BCUT2D eigenvalue weighted by atomic mass is 10.1. The zero-order valence-electron chi connectivity index (χ0n) is 11.3. The van der Waals surface area contributed by atoms with Gasteiger partial charge in [-0.25, -0.2) is 0 Å². The Hall–Kier alpha value is -2.25. The highest BCUT2D eigenvalue weighted by atomic mass is 19.4. The Balaban J connectivity index is 2.34. The summed E-state index contributed by atoms with van der Waals surface area (Å²) in [6.07, 6.45) is -4.82. The van der Waals surface area contributed by atoms with Crippen LogP contribution in [0.25, 0.3) is 0 Å². The molecule has 0 bridgehead atoms. The van der Waals surface area contributed by atoms with Crippen molar-refractivity contribution < 1.29 is 27.5 Å². The van der Waals surface area contributed by atoms with Gasteiger partial charge < -0.3 is 10.1 Å². The van der Waals surface area contributed by atoms with Crippen molar-refractivity contribution in [3.05, 3.63) is 24.3 Å². The van der Waals surface area contributed by atoms with Gasteiger partial charge in [0, 0.05) is 11.8 Å². The molecule has 2 atom stereocenters. The highest BCUT2D eigenvalue weighted by Crippen LogP contribution is 2.29. The molecule has 1 aliphatic rings. The molecule has 0 aromatic heterocycles. The normalized spacial score (nSPS) is 23.0. The minimum Gasteiger partial charge on any atom is -0.406 e. The van der Waals surface area contributed by atoms with Crippen LogP contribution in [0.5, 0.6) is 5.75 Å². The molecule has 1 heterocycles. The predicted molar refractivity (Wildman–Crippen MR) is 67.7 cm³/mol. The fraction of sp³-hybridized carbons (Fsp3) is 0.385. The van der Waals surface area contributed by atoms with Crippen LogP contribution in [0.1, 0.15) is 13.8 Å². The van der Waals surface area contributed by atoms with Gasteiger partial charge >= 0.3 is 6.36 Å². The Morgan fingerprint density at radius 3 is 2.52 bits per heavy atom. The van der Waals surface area contributed by atoms with Crippen molar-refractivity contribution in [3.8, 4) is 5.75 Å². The van der Waals surface area contributed by atoms with Gasteiger partial charge in [0.1, 0.15) is 17.8 Å². The Bertz CT molecular complexity index is 574. The monoisotopic (exact) mass is 302 g/mol. The number of carbonyl (C=O) groups excluding carboxylic acids is 2. The number of anilines is 1. The Labute approximate surface area is 118 Å². The minimum absolute atomic E-state index is 0.177. The van der Waals surface area contributed by atoms with Crippen molar-refractivity contribution in [1.29, 1.82) is 0 Å². The number of alkyl halides is 3. The molecule has 1 aliphatic heterocycles. The van der Waals surface area contributed by atoms with Crippen molar-refractivity contribution in [2.75, 3.05) is 4.90 Å². The summed E-state index contributed by atoms with van der Waals surface area (Å²) < 4.78 is 40.5. The van der Waals surface area contributed by atoms with Crippen LogP contribution in [0, 0.1) is 0 Å². The molecule has 1 aromatic rings. The summed E-state index contributed by atoms with van der Waals surface area (Å²) >= 11 is 0. The lowest BCUT2D eigenvalue weighted by Crippen LogP contribution is -2.61. The van der Waals surface area contributed by atoms with Gasteiger partial charge in [-0.05, 0) is 26.0 Å². The van der Waals surface area contributed by atoms with Gasteiger partial charge in [-0.1, -0.05) is 6.07 Å². The summed E-state index contributed by atoms with van der Waals surface area (Å²) in [6.45, 7) is 3.01. The van der Waals surface area contributed by atoms with Crippen LogP contribution in [0.3, 0.4) is 0 Å². The van der Waals surface area contributed by atoms with E-state index in [1.165, 1.54) is 26.0 Å². The van der Waals surface area contributed by atoms with Crippen LogP contribution in [0.2, 0.25) is 0 Å². The molecule has 0 spiro atoms. The Kier molecular flexibility index (Phi) is 3.80.